The van der Waals surface area contributed by atoms with E-state index in [0.29, 0.717) is 36.7 Å². The summed E-state index contributed by atoms with van der Waals surface area (Å²) in [4.78, 5) is -0.124. The Kier molecular flexibility index (Phi) is 5.84. The third-order valence-corrected chi connectivity index (χ3v) is 5.39. The van der Waals surface area contributed by atoms with Crippen LogP contribution in [0, 0.1) is 0 Å². The van der Waals surface area contributed by atoms with Crippen LogP contribution in [0.15, 0.2) is 47.4 Å². The first-order valence-corrected chi connectivity index (χ1v) is 10.1. The van der Waals surface area contributed by atoms with E-state index in [1.165, 1.54) is 12.1 Å². The minimum atomic E-state index is -4.21. The van der Waals surface area contributed by atoms with Gasteiger partial charge in [-0.2, -0.15) is 8.42 Å². The predicted molar refractivity (Wildman–Crippen MR) is 98.3 cm³/mol. The number of aliphatic hydroxyl groups excluding tert-OH is 1. The van der Waals surface area contributed by atoms with Crippen LogP contribution in [0.2, 0.25) is 5.02 Å². The lowest BCUT2D eigenvalue weighted by Crippen LogP contribution is -2.36. The summed E-state index contributed by atoms with van der Waals surface area (Å²) in [5.74, 6) is 0.617. The van der Waals surface area contributed by atoms with Crippen molar-refractivity contribution in [2.24, 2.45) is 0 Å². The van der Waals surface area contributed by atoms with E-state index in [0.717, 1.165) is 11.1 Å². The maximum Gasteiger partial charge on any atom is 0.294 e. The predicted octanol–water partition coefficient (Wildman–Crippen LogP) is 2.60. The molecule has 26 heavy (non-hydrogen) atoms. The van der Waals surface area contributed by atoms with Crippen molar-refractivity contribution < 1.29 is 22.8 Å². The van der Waals surface area contributed by atoms with Crippen LogP contribution in [-0.2, 0) is 16.5 Å². The van der Waals surface area contributed by atoms with Gasteiger partial charge in [-0.15, -0.1) is 0 Å². The summed E-state index contributed by atoms with van der Waals surface area (Å²) in [6.45, 7) is 0.922. The second kappa shape index (κ2) is 7.94. The van der Waals surface area contributed by atoms with Gasteiger partial charge >= 0.3 is 0 Å². The highest BCUT2D eigenvalue weighted by atomic mass is 35.5. The summed E-state index contributed by atoms with van der Waals surface area (Å²) in [5, 5.41) is 14.0. The van der Waals surface area contributed by atoms with Gasteiger partial charge < -0.3 is 15.2 Å². The van der Waals surface area contributed by atoms with Crippen molar-refractivity contribution in [2.45, 2.75) is 29.9 Å². The zero-order valence-corrected chi connectivity index (χ0v) is 15.5. The smallest absolute Gasteiger partial charge is 0.294 e. The summed E-state index contributed by atoms with van der Waals surface area (Å²) in [6, 6.07) is 11.4. The molecule has 3 N–H and O–H groups in total. The van der Waals surface area contributed by atoms with E-state index < -0.39 is 16.2 Å². The summed E-state index contributed by atoms with van der Waals surface area (Å²) in [6.07, 6.45) is 0.622. The molecule has 2 atom stereocenters. The molecule has 0 aliphatic carbocycles. The number of aliphatic hydroxyl groups is 1. The fourth-order valence-electron chi connectivity index (χ4n) is 2.94. The molecule has 0 saturated heterocycles. The molecule has 0 spiro atoms. The summed E-state index contributed by atoms with van der Waals surface area (Å²) < 4.78 is 37.4. The van der Waals surface area contributed by atoms with Crippen molar-refractivity contribution in [3.05, 3.63) is 58.6 Å². The van der Waals surface area contributed by atoms with Gasteiger partial charge in [-0.3, -0.25) is 4.55 Å². The number of hydrogen-bond donors (Lipinski definition) is 3. The molecule has 2 aromatic rings. The van der Waals surface area contributed by atoms with Crippen LogP contribution in [0.5, 0.6) is 5.75 Å². The molecule has 2 aromatic carbocycles. The van der Waals surface area contributed by atoms with E-state index in [1.54, 1.807) is 24.3 Å². The van der Waals surface area contributed by atoms with Gasteiger partial charge in [-0.05, 0) is 54.3 Å². The molecule has 8 heteroatoms. The Balaban J connectivity index is 1.53. The average Bonchev–Trinajstić information content (AvgIpc) is 2.60. The average molecular weight is 398 g/mol. The van der Waals surface area contributed by atoms with Gasteiger partial charge in [0.25, 0.3) is 10.1 Å². The van der Waals surface area contributed by atoms with Crippen LogP contribution in [0.4, 0.5) is 0 Å². The molecule has 1 aliphatic rings. The fraction of sp³-hybridized carbons (Fsp3) is 0.333. The van der Waals surface area contributed by atoms with Crippen LogP contribution in [0.3, 0.4) is 0 Å². The molecule has 0 fully saturated rings. The van der Waals surface area contributed by atoms with Gasteiger partial charge in [-0.1, -0.05) is 23.7 Å². The first-order chi connectivity index (χ1) is 12.3. The molecule has 0 aromatic heterocycles. The molecule has 1 heterocycles. The van der Waals surface area contributed by atoms with Crippen molar-refractivity contribution in [3.63, 3.8) is 0 Å². The second-order valence-corrected chi connectivity index (χ2v) is 8.11. The quantitative estimate of drug-likeness (QED) is 0.648. The van der Waals surface area contributed by atoms with Crippen molar-refractivity contribution in [1.82, 2.24) is 5.32 Å². The molecule has 1 aliphatic heterocycles. The Labute approximate surface area is 157 Å². The number of fused-ring (bicyclic) bond motifs is 1. The lowest BCUT2D eigenvalue weighted by molar-refractivity contribution is 0.146. The van der Waals surface area contributed by atoms with Gasteiger partial charge in [0, 0.05) is 18.1 Å². The van der Waals surface area contributed by atoms with E-state index in [1.807, 2.05) is 6.07 Å². The van der Waals surface area contributed by atoms with E-state index in [9.17, 15) is 13.5 Å². The molecular weight excluding hydrogens is 378 g/mol. The number of rotatable bonds is 6. The topological polar surface area (TPSA) is 95.9 Å². The Bertz CT molecular complexity index is 887. The van der Waals surface area contributed by atoms with Crippen LogP contribution in [0.25, 0.3) is 0 Å². The van der Waals surface area contributed by atoms with E-state index in [-0.39, 0.29) is 11.0 Å². The van der Waals surface area contributed by atoms with Crippen molar-refractivity contribution in [2.75, 3.05) is 13.1 Å². The molecule has 3 rings (SSSR count). The lowest BCUT2D eigenvalue weighted by Gasteiger charge is -2.27. The summed E-state index contributed by atoms with van der Waals surface area (Å²) in [5.41, 5.74) is 1.51. The zero-order valence-electron chi connectivity index (χ0n) is 13.9. The number of hydrogen-bond acceptors (Lipinski definition) is 5. The Hall–Kier alpha value is -1.64. The largest absolute Gasteiger partial charge is 0.489 e. The second-order valence-electron chi connectivity index (χ2n) is 6.25. The minimum absolute atomic E-state index is 0.0781. The van der Waals surface area contributed by atoms with Crippen molar-refractivity contribution in [3.8, 4) is 5.75 Å². The number of aryl methyl sites for hydroxylation is 1. The molecule has 0 amide bonds. The van der Waals surface area contributed by atoms with Crippen LogP contribution in [-0.4, -0.2) is 37.3 Å². The van der Waals surface area contributed by atoms with Crippen molar-refractivity contribution >= 4 is 21.7 Å². The SMILES string of the molecule is O=S(=O)(O)c1ccc2c(c1)CCC(CNC[C@@H](O)c1cccc(Cl)c1)O2. The maximum absolute atomic E-state index is 11.2. The first-order valence-electron chi connectivity index (χ1n) is 8.24. The number of nitrogens with one attached hydrogen (secondary N) is 1. The van der Waals surface area contributed by atoms with Gasteiger partial charge in [0.05, 0.1) is 11.0 Å². The normalized spacial score (nSPS) is 18.0. The van der Waals surface area contributed by atoms with Gasteiger partial charge in [0.2, 0.25) is 0 Å². The Morgan fingerprint density at radius 3 is 2.81 bits per heavy atom. The third-order valence-electron chi connectivity index (χ3n) is 4.30. The lowest BCUT2D eigenvalue weighted by atomic mass is 10.0. The minimum Gasteiger partial charge on any atom is -0.489 e. The van der Waals surface area contributed by atoms with Crippen LogP contribution in [0.1, 0.15) is 23.7 Å². The molecule has 0 bridgehead atoms. The summed E-state index contributed by atoms with van der Waals surface area (Å²) in [7, 11) is -4.21. The molecule has 0 saturated carbocycles. The van der Waals surface area contributed by atoms with E-state index >= 15 is 0 Å². The van der Waals surface area contributed by atoms with Gasteiger partial charge in [0.15, 0.2) is 0 Å². The standard InChI is InChI=1S/C18H20ClNO5S/c19-14-3-1-2-12(8-14)17(21)11-20-10-15-5-4-13-9-16(26(22,23)24)6-7-18(13)25-15/h1-3,6-9,15,17,20-21H,4-5,10-11H2,(H,22,23,24)/t15?,17-/m1/s1. The zero-order chi connectivity index (χ0) is 18.7. The fourth-order valence-corrected chi connectivity index (χ4v) is 3.67. The van der Waals surface area contributed by atoms with Gasteiger partial charge in [0.1, 0.15) is 11.9 Å². The monoisotopic (exact) mass is 397 g/mol. The highest BCUT2D eigenvalue weighted by molar-refractivity contribution is 7.85. The summed E-state index contributed by atoms with van der Waals surface area (Å²) >= 11 is 5.93. The molecule has 140 valence electrons. The maximum atomic E-state index is 11.2. The number of benzene rings is 2. The van der Waals surface area contributed by atoms with Crippen LogP contribution < -0.4 is 10.1 Å². The number of ether oxygens (including phenoxy) is 1. The molecule has 1 unspecified atom stereocenters. The highest BCUT2D eigenvalue weighted by Gasteiger charge is 2.22. The van der Waals surface area contributed by atoms with Crippen molar-refractivity contribution in [1.29, 1.82) is 0 Å². The molecule has 6 nitrogen and oxygen atoms in total. The molecule has 0 radical (unpaired) electrons. The Morgan fingerprint density at radius 2 is 2.08 bits per heavy atom. The first kappa shape index (κ1) is 19.1. The number of halogens is 1. The van der Waals surface area contributed by atoms with Gasteiger partial charge in [-0.25, -0.2) is 0 Å². The Morgan fingerprint density at radius 1 is 1.27 bits per heavy atom. The molecular formula is C18H20ClNO5S. The highest BCUT2D eigenvalue weighted by Crippen LogP contribution is 2.29. The van der Waals surface area contributed by atoms with E-state index in [2.05, 4.69) is 5.32 Å². The van der Waals surface area contributed by atoms with E-state index in [4.69, 9.17) is 20.9 Å². The third kappa shape index (κ3) is 4.75. The van der Waals surface area contributed by atoms with Crippen LogP contribution >= 0.6 is 11.6 Å².